The molecule has 18 heavy (non-hydrogen) atoms. The van der Waals surface area contributed by atoms with Crippen LogP contribution in [0.4, 0.5) is 0 Å². The summed E-state index contributed by atoms with van der Waals surface area (Å²) in [5, 5.41) is 9.17. The predicted octanol–water partition coefficient (Wildman–Crippen LogP) is 3.57. The number of benzene rings is 1. The largest absolute Gasteiger partial charge is 0.493 e. The lowest BCUT2D eigenvalue weighted by atomic mass is 10.2. The summed E-state index contributed by atoms with van der Waals surface area (Å²) in [5.74, 6) is 0.690. The minimum Gasteiger partial charge on any atom is -0.493 e. The van der Waals surface area contributed by atoms with Crippen molar-refractivity contribution in [1.29, 1.82) is 0 Å². The zero-order chi connectivity index (χ0) is 13.4. The SMILES string of the molecule is CSCCCOc1ccc(Cl)cc1/C=C/C(=O)O. The Morgan fingerprint density at radius 3 is 3.00 bits per heavy atom. The summed E-state index contributed by atoms with van der Waals surface area (Å²) in [7, 11) is 0. The average Bonchev–Trinajstić information content (AvgIpc) is 2.34. The predicted molar refractivity (Wildman–Crippen MR) is 76.6 cm³/mol. The van der Waals surface area contributed by atoms with Gasteiger partial charge in [-0.15, -0.1) is 0 Å². The van der Waals surface area contributed by atoms with E-state index in [4.69, 9.17) is 21.4 Å². The van der Waals surface area contributed by atoms with E-state index in [-0.39, 0.29) is 0 Å². The molecule has 0 aromatic heterocycles. The van der Waals surface area contributed by atoms with Gasteiger partial charge in [0.15, 0.2) is 0 Å². The first-order chi connectivity index (χ1) is 8.63. The summed E-state index contributed by atoms with van der Waals surface area (Å²) in [6.07, 6.45) is 5.55. The molecular formula is C13H15ClO3S. The third kappa shape index (κ3) is 5.47. The van der Waals surface area contributed by atoms with Crippen LogP contribution in [0.2, 0.25) is 5.02 Å². The molecular weight excluding hydrogens is 272 g/mol. The molecule has 1 aromatic rings. The highest BCUT2D eigenvalue weighted by atomic mass is 35.5. The Labute approximate surface area is 116 Å². The first kappa shape index (κ1) is 14.9. The van der Waals surface area contributed by atoms with Gasteiger partial charge in [0.1, 0.15) is 5.75 Å². The molecule has 0 radical (unpaired) electrons. The lowest BCUT2D eigenvalue weighted by Gasteiger charge is -2.09. The summed E-state index contributed by atoms with van der Waals surface area (Å²) in [4.78, 5) is 10.5. The van der Waals surface area contributed by atoms with E-state index in [0.29, 0.717) is 22.9 Å². The lowest BCUT2D eigenvalue weighted by Crippen LogP contribution is -2.00. The highest BCUT2D eigenvalue weighted by Gasteiger charge is 2.02. The number of hydrogen-bond donors (Lipinski definition) is 1. The van der Waals surface area contributed by atoms with Crippen molar-refractivity contribution in [2.24, 2.45) is 0 Å². The van der Waals surface area contributed by atoms with Gasteiger partial charge in [0.25, 0.3) is 0 Å². The molecule has 0 heterocycles. The third-order valence-corrected chi connectivity index (χ3v) is 3.06. The van der Waals surface area contributed by atoms with E-state index in [1.54, 1.807) is 30.0 Å². The number of carbonyl (C=O) groups is 1. The molecule has 1 aromatic carbocycles. The monoisotopic (exact) mass is 286 g/mol. The number of thioether (sulfide) groups is 1. The Hall–Kier alpha value is -1.13. The number of halogens is 1. The molecule has 0 aliphatic rings. The normalized spacial score (nSPS) is 10.8. The van der Waals surface area contributed by atoms with E-state index in [1.165, 1.54) is 6.08 Å². The third-order valence-electron chi connectivity index (χ3n) is 2.13. The highest BCUT2D eigenvalue weighted by Crippen LogP contribution is 2.24. The molecule has 3 nitrogen and oxygen atoms in total. The van der Waals surface area contributed by atoms with Gasteiger partial charge in [-0.25, -0.2) is 4.79 Å². The maximum atomic E-state index is 10.5. The van der Waals surface area contributed by atoms with Crippen molar-refractivity contribution >= 4 is 35.4 Å². The number of aliphatic carboxylic acids is 1. The Balaban J connectivity index is 2.73. The van der Waals surface area contributed by atoms with E-state index in [1.807, 2.05) is 6.26 Å². The quantitative estimate of drug-likeness (QED) is 0.615. The zero-order valence-corrected chi connectivity index (χ0v) is 11.6. The molecule has 0 amide bonds. The van der Waals surface area contributed by atoms with Crippen LogP contribution in [0, 0.1) is 0 Å². The Kier molecular flexibility index (Phi) is 6.68. The van der Waals surface area contributed by atoms with Gasteiger partial charge in [0.05, 0.1) is 6.61 Å². The molecule has 0 unspecified atom stereocenters. The van der Waals surface area contributed by atoms with E-state index < -0.39 is 5.97 Å². The molecule has 0 bridgehead atoms. The summed E-state index contributed by atoms with van der Waals surface area (Å²) in [5.41, 5.74) is 0.675. The molecule has 0 spiro atoms. The molecule has 0 fully saturated rings. The number of hydrogen-bond acceptors (Lipinski definition) is 3. The van der Waals surface area contributed by atoms with Crippen molar-refractivity contribution in [3.63, 3.8) is 0 Å². The average molecular weight is 287 g/mol. The molecule has 5 heteroatoms. The summed E-state index contributed by atoms with van der Waals surface area (Å²) in [6, 6.07) is 5.16. The second kappa shape index (κ2) is 8.06. The van der Waals surface area contributed by atoms with Crippen molar-refractivity contribution in [2.75, 3.05) is 18.6 Å². The van der Waals surface area contributed by atoms with Crippen LogP contribution in [0.15, 0.2) is 24.3 Å². The second-order valence-corrected chi connectivity index (χ2v) is 4.97. The Morgan fingerprint density at radius 1 is 1.56 bits per heavy atom. The van der Waals surface area contributed by atoms with Crippen LogP contribution in [0.3, 0.4) is 0 Å². The van der Waals surface area contributed by atoms with Gasteiger partial charge in [0, 0.05) is 16.7 Å². The van der Waals surface area contributed by atoms with Crippen LogP contribution in [0.1, 0.15) is 12.0 Å². The van der Waals surface area contributed by atoms with Gasteiger partial charge >= 0.3 is 5.97 Å². The highest BCUT2D eigenvalue weighted by molar-refractivity contribution is 7.98. The van der Waals surface area contributed by atoms with Gasteiger partial charge in [-0.1, -0.05) is 11.6 Å². The van der Waals surface area contributed by atoms with E-state index in [0.717, 1.165) is 18.2 Å². The summed E-state index contributed by atoms with van der Waals surface area (Å²) < 4.78 is 5.61. The molecule has 0 aliphatic heterocycles. The van der Waals surface area contributed by atoms with E-state index in [9.17, 15) is 4.79 Å². The van der Waals surface area contributed by atoms with Crippen LogP contribution in [-0.2, 0) is 4.79 Å². The lowest BCUT2D eigenvalue weighted by molar-refractivity contribution is -0.131. The maximum absolute atomic E-state index is 10.5. The maximum Gasteiger partial charge on any atom is 0.328 e. The van der Waals surface area contributed by atoms with Gasteiger partial charge in [-0.3, -0.25) is 0 Å². The summed E-state index contributed by atoms with van der Waals surface area (Å²) >= 11 is 7.64. The fourth-order valence-electron chi connectivity index (χ4n) is 1.33. The van der Waals surface area contributed by atoms with Crippen molar-refractivity contribution in [2.45, 2.75) is 6.42 Å². The van der Waals surface area contributed by atoms with Crippen LogP contribution in [0.25, 0.3) is 6.08 Å². The van der Waals surface area contributed by atoms with Crippen LogP contribution >= 0.6 is 23.4 Å². The van der Waals surface area contributed by atoms with E-state index in [2.05, 4.69) is 0 Å². The molecule has 0 saturated carbocycles. The van der Waals surface area contributed by atoms with Crippen LogP contribution in [-0.4, -0.2) is 29.7 Å². The molecule has 0 atom stereocenters. The number of ether oxygens (including phenoxy) is 1. The number of carboxylic acids is 1. The van der Waals surface area contributed by atoms with Crippen LogP contribution in [0.5, 0.6) is 5.75 Å². The Morgan fingerprint density at radius 2 is 2.33 bits per heavy atom. The summed E-state index contributed by atoms with van der Waals surface area (Å²) in [6.45, 7) is 0.608. The Bertz CT molecular complexity index is 432. The van der Waals surface area contributed by atoms with Crippen molar-refractivity contribution in [1.82, 2.24) is 0 Å². The smallest absolute Gasteiger partial charge is 0.328 e. The number of carboxylic acid groups (broad SMARTS) is 1. The topological polar surface area (TPSA) is 46.5 Å². The van der Waals surface area contributed by atoms with E-state index >= 15 is 0 Å². The molecule has 1 N–H and O–H groups in total. The van der Waals surface area contributed by atoms with Gasteiger partial charge in [-0.05, 0) is 42.7 Å². The van der Waals surface area contributed by atoms with Gasteiger partial charge < -0.3 is 9.84 Å². The fourth-order valence-corrected chi connectivity index (χ4v) is 1.91. The molecule has 98 valence electrons. The fraction of sp³-hybridized carbons (Fsp3) is 0.308. The van der Waals surface area contributed by atoms with Gasteiger partial charge in [-0.2, -0.15) is 11.8 Å². The van der Waals surface area contributed by atoms with Gasteiger partial charge in [0.2, 0.25) is 0 Å². The first-order valence-corrected chi connectivity index (χ1v) is 7.23. The number of rotatable bonds is 7. The minimum absolute atomic E-state index is 0.552. The second-order valence-electron chi connectivity index (χ2n) is 3.55. The van der Waals surface area contributed by atoms with Crippen molar-refractivity contribution in [3.05, 3.63) is 34.9 Å². The minimum atomic E-state index is -0.997. The standard InChI is InChI=1S/C13H15ClO3S/c1-18-8-2-7-17-12-5-4-11(14)9-10(12)3-6-13(15)16/h3-6,9H,2,7-8H2,1H3,(H,15,16)/b6-3+. The van der Waals surface area contributed by atoms with Crippen molar-refractivity contribution < 1.29 is 14.6 Å². The van der Waals surface area contributed by atoms with Crippen LogP contribution < -0.4 is 4.74 Å². The first-order valence-electron chi connectivity index (χ1n) is 5.46. The zero-order valence-electron chi connectivity index (χ0n) is 10.1. The molecule has 0 saturated heterocycles. The molecule has 0 aliphatic carbocycles. The molecule has 1 rings (SSSR count). The van der Waals surface area contributed by atoms with Crippen molar-refractivity contribution in [3.8, 4) is 5.75 Å².